The predicted octanol–water partition coefficient (Wildman–Crippen LogP) is 2.85. The minimum Gasteiger partial charge on any atom is -0.366 e. The quantitative estimate of drug-likeness (QED) is 0.693. The molecule has 0 aromatic carbocycles. The van der Waals surface area contributed by atoms with Crippen molar-refractivity contribution in [1.29, 1.82) is 0 Å². The van der Waals surface area contributed by atoms with Crippen molar-refractivity contribution in [2.45, 2.75) is 25.2 Å². The number of rotatable bonds is 5. The molecule has 5 rings (SSSR count). The first kappa shape index (κ1) is 17.7. The number of alkyl halides is 2. The van der Waals surface area contributed by atoms with Crippen LogP contribution in [0.5, 0.6) is 0 Å². The van der Waals surface area contributed by atoms with E-state index in [1.165, 1.54) is 6.20 Å². The third-order valence-corrected chi connectivity index (χ3v) is 5.08. The first-order valence-electron chi connectivity index (χ1n) is 9.45. The number of aromatic nitrogens is 4. The molecule has 1 amide bonds. The zero-order valence-corrected chi connectivity index (χ0v) is 15.4. The monoisotopic (exact) mass is 396 g/mol. The molecule has 148 valence electrons. The molecule has 1 aliphatic carbocycles. The van der Waals surface area contributed by atoms with Gasteiger partial charge in [-0.15, -0.1) is 0 Å². The van der Waals surface area contributed by atoms with Gasteiger partial charge in [0.15, 0.2) is 0 Å². The second-order valence-electron chi connectivity index (χ2n) is 7.15. The highest BCUT2D eigenvalue weighted by molar-refractivity contribution is 5.93. The molecule has 29 heavy (non-hydrogen) atoms. The topological polar surface area (TPSA) is 84.2 Å². The van der Waals surface area contributed by atoms with E-state index in [2.05, 4.69) is 25.6 Å². The molecule has 1 saturated carbocycles. The highest BCUT2D eigenvalue weighted by Gasteiger charge is 2.28. The summed E-state index contributed by atoms with van der Waals surface area (Å²) in [4.78, 5) is 25.7. The lowest BCUT2D eigenvalue weighted by atomic mass is 9.98. The normalized spacial score (nSPS) is 15.8. The van der Waals surface area contributed by atoms with Crippen LogP contribution in [0.1, 0.15) is 46.2 Å². The lowest BCUT2D eigenvalue weighted by Gasteiger charge is -2.19. The van der Waals surface area contributed by atoms with Gasteiger partial charge in [0.1, 0.15) is 23.0 Å². The van der Waals surface area contributed by atoms with Crippen LogP contribution in [0.2, 0.25) is 0 Å². The number of pyridine rings is 1. The number of hydrogen-bond acceptors (Lipinski definition) is 5. The number of nitrogens with zero attached hydrogens (tertiary/aromatic N) is 4. The summed E-state index contributed by atoms with van der Waals surface area (Å²) in [6.45, 7) is -0.0657. The van der Waals surface area contributed by atoms with Crippen LogP contribution in [-0.2, 0) is 0 Å². The van der Waals surface area contributed by atoms with Crippen LogP contribution in [0.25, 0.3) is 11.2 Å². The number of carbonyl (C=O) groups is 1. The van der Waals surface area contributed by atoms with Crippen LogP contribution >= 0.6 is 0 Å². The number of fused-ring (bicyclic) bond motifs is 2. The Kier molecular flexibility index (Phi) is 4.22. The van der Waals surface area contributed by atoms with Gasteiger partial charge in [0, 0.05) is 30.4 Å². The summed E-state index contributed by atoms with van der Waals surface area (Å²) < 4.78 is 26.4. The van der Waals surface area contributed by atoms with Crippen LogP contribution in [-0.4, -0.2) is 44.8 Å². The number of nitrogens with one attached hydrogen (secondary N) is 2. The van der Waals surface area contributed by atoms with Gasteiger partial charge in [-0.2, -0.15) is 0 Å². The van der Waals surface area contributed by atoms with E-state index in [0.29, 0.717) is 18.1 Å². The molecule has 9 heteroatoms. The first-order valence-corrected chi connectivity index (χ1v) is 9.45. The maximum absolute atomic E-state index is 12.4. The Hall–Kier alpha value is -3.36. The molecule has 3 aromatic rings. The van der Waals surface area contributed by atoms with E-state index in [1.54, 1.807) is 16.7 Å². The smallest absolute Gasteiger partial charge is 0.270 e. The molecule has 7 nitrogen and oxygen atoms in total. The van der Waals surface area contributed by atoms with E-state index in [0.717, 1.165) is 41.2 Å². The van der Waals surface area contributed by atoms with Crippen molar-refractivity contribution >= 4 is 22.9 Å². The van der Waals surface area contributed by atoms with Gasteiger partial charge in [-0.25, -0.2) is 23.7 Å². The van der Waals surface area contributed by atoms with Crippen LogP contribution in [0.4, 0.5) is 14.6 Å². The molecule has 2 N–H and O–H groups in total. The van der Waals surface area contributed by atoms with Gasteiger partial charge >= 0.3 is 0 Å². The van der Waals surface area contributed by atoms with Crippen LogP contribution in [0, 0.1) is 0 Å². The van der Waals surface area contributed by atoms with E-state index >= 15 is 0 Å². The maximum atomic E-state index is 12.4. The van der Waals surface area contributed by atoms with Gasteiger partial charge in [0.25, 0.3) is 12.3 Å². The average molecular weight is 396 g/mol. The molecule has 2 aliphatic rings. The maximum Gasteiger partial charge on any atom is 0.270 e. The molecule has 1 fully saturated rings. The molecule has 3 aromatic heterocycles. The number of anilines is 1. The SMILES string of the molecule is O=C(NCC(F)F)c1cnc2ccc(C3=CCNc4nc(C5CC5)ncc43)cn12. The minimum atomic E-state index is -2.61. The fourth-order valence-electron chi connectivity index (χ4n) is 3.47. The van der Waals surface area contributed by atoms with E-state index in [-0.39, 0.29) is 5.69 Å². The molecule has 0 bridgehead atoms. The minimum absolute atomic E-state index is 0.206. The summed E-state index contributed by atoms with van der Waals surface area (Å²) in [5.41, 5.74) is 3.48. The van der Waals surface area contributed by atoms with Crippen LogP contribution < -0.4 is 10.6 Å². The predicted molar refractivity (Wildman–Crippen MR) is 103 cm³/mol. The van der Waals surface area contributed by atoms with Crippen molar-refractivity contribution in [1.82, 2.24) is 24.7 Å². The average Bonchev–Trinajstić information content (AvgIpc) is 3.50. The summed E-state index contributed by atoms with van der Waals surface area (Å²) in [6, 6.07) is 3.71. The summed E-state index contributed by atoms with van der Waals surface area (Å²) in [5.74, 6) is 1.56. The Morgan fingerprint density at radius 3 is 2.93 bits per heavy atom. The van der Waals surface area contributed by atoms with Crippen molar-refractivity contribution in [3.05, 3.63) is 59.4 Å². The highest BCUT2D eigenvalue weighted by atomic mass is 19.3. The van der Waals surface area contributed by atoms with Crippen LogP contribution in [0.15, 0.2) is 36.8 Å². The van der Waals surface area contributed by atoms with E-state index < -0.39 is 18.9 Å². The van der Waals surface area contributed by atoms with Gasteiger partial charge in [-0.1, -0.05) is 6.08 Å². The van der Waals surface area contributed by atoms with Gasteiger partial charge < -0.3 is 10.6 Å². The fraction of sp³-hybridized carbons (Fsp3) is 0.300. The number of imidazole rings is 1. The second-order valence-corrected chi connectivity index (χ2v) is 7.15. The fourth-order valence-corrected chi connectivity index (χ4v) is 3.47. The van der Waals surface area contributed by atoms with Gasteiger partial charge in [-0.05, 0) is 36.1 Å². The Morgan fingerprint density at radius 2 is 2.14 bits per heavy atom. The molecular formula is C20H18F2N6O. The van der Waals surface area contributed by atoms with Crippen molar-refractivity contribution in [3.8, 4) is 0 Å². The Balaban J connectivity index is 1.50. The van der Waals surface area contributed by atoms with Crippen molar-refractivity contribution in [2.75, 3.05) is 18.4 Å². The van der Waals surface area contributed by atoms with E-state index in [4.69, 9.17) is 0 Å². The lowest BCUT2D eigenvalue weighted by molar-refractivity contribution is 0.0886. The zero-order chi connectivity index (χ0) is 20.0. The van der Waals surface area contributed by atoms with E-state index in [1.807, 2.05) is 18.3 Å². The second kappa shape index (κ2) is 6.91. The Morgan fingerprint density at radius 1 is 1.28 bits per heavy atom. The summed E-state index contributed by atoms with van der Waals surface area (Å²) in [7, 11) is 0. The van der Waals surface area contributed by atoms with Crippen molar-refractivity contribution in [3.63, 3.8) is 0 Å². The number of hydrogen-bond donors (Lipinski definition) is 2. The Labute approximate surface area is 164 Å². The first-order chi connectivity index (χ1) is 14.1. The number of carbonyl (C=O) groups excluding carboxylic acids is 1. The molecule has 0 atom stereocenters. The zero-order valence-electron chi connectivity index (χ0n) is 15.4. The van der Waals surface area contributed by atoms with Crippen molar-refractivity contribution in [2.24, 2.45) is 0 Å². The standard InChI is InChI=1S/C20H18F2N6O/c21-16(22)9-26-20(29)15-8-24-17-4-3-12(10-28(15)17)13-5-6-23-19-14(13)7-25-18(27-19)11-1-2-11/h3-5,7-8,10-11,16H,1-2,6,9H2,(H,26,29)(H,23,25,27). The molecule has 0 radical (unpaired) electrons. The van der Waals surface area contributed by atoms with Gasteiger partial charge in [-0.3, -0.25) is 9.20 Å². The molecule has 0 spiro atoms. The number of amides is 1. The number of halogens is 2. The summed E-state index contributed by atoms with van der Waals surface area (Å²) in [5, 5.41) is 5.51. The molecule has 0 saturated heterocycles. The summed E-state index contributed by atoms with van der Waals surface area (Å²) in [6.07, 6.45) is 6.71. The Bertz CT molecular complexity index is 1140. The molecule has 1 aliphatic heterocycles. The largest absolute Gasteiger partial charge is 0.366 e. The molecule has 0 unspecified atom stereocenters. The molecule has 4 heterocycles. The van der Waals surface area contributed by atoms with Crippen LogP contribution in [0.3, 0.4) is 0 Å². The third kappa shape index (κ3) is 3.32. The van der Waals surface area contributed by atoms with E-state index in [9.17, 15) is 13.6 Å². The molecular weight excluding hydrogens is 378 g/mol. The van der Waals surface area contributed by atoms with Gasteiger partial charge in [0.2, 0.25) is 0 Å². The van der Waals surface area contributed by atoms with Gasteiger partial charge in [0.05, 0.1) is 12.7 Å². The lowest BCUT2D eigenvalue weighted by Crippen LogP contribution is -2.29. The highest BCUT2D eigenvalue weighted by Crippen LogP contribution is 2.40. The van der Waals surface area contributed by atoms with Crippen molar-refractivity contribution < 1.29 is 13.6 Å². The summed E-state index contributed by atoms with van der Waals surface area (Å²) >= 11 is 0. The third-order valence-electron chi connectivity index (χ3n) is 5.08.